The number of aryl methyl sites for hydroxylation is 2. The van der Waals surface area contributed by atoms with E-state index in [1.165, 1.54) is 6.92 Å². The highest BCUT2D eigenvalue weighted by molar-refractivity contribution is 5.91. The van der Waals surface area contributed by atoms with Crippen LogP contribution < -0.4 is 0 Å². The first kappa shape index (κ1) is 27.5. The summed E-state index contributed by atoms with van der Waals surface area (Å²) in [5.41, 5.74) is 5.31. The Hall–Kier alpha value is -5.07. The van der Waals surface area contributed by atoms with Gasteiger partial charge in [0.2, 0.25) is 6.29 Å². The van der Waals surface area contributed by atoms with Crippen molar-refractivity contribution < 1.29 is 23.8 Å². The van der Waals surface area contributed by atoms with Gasteiger partial charge in [-0.05, 0) is 40.5 Å². The summed E-state index contributed by atoms with van der Waals surface area (Å²) in [7, 11) is 0. The molecule has 13 nitrogen and oxygen atoms in total. The van der Waals surface area contributed by atoms with E-state index in [1.807, 2.05) is 62.4 Å². The Bertz CT molecular complexity index is 1660. The molecule has 0 bridgehead atoms. The Morgan fingerprint density at radius 2 is 1.73 bits per heavy atom. The molecule has 0 aliphatic carbocycles. The summed E-state index contributed by atoms with van der Waals surface area (Å²) in [5, 5.41) is 18.9. The highest BCUT2D eigenvalue weighted by Gasteiger charge is 2.28. The van der Waals surface area contributed by atoms with Crippen LogP contribution in [0, 0.1) is 0 Å². The summed E-state index contributed by atoms with van der Waals surface area (Å²) in [4.78, 5) is 29.8. The predicted octanol–water partition coefficient (Wildman–Crippen LogP) is 4.23. The van der Waals surface area contributed by atoms with E-state index >= 15 is 0 Å². The molecular formula is C28H30N8O5. The van der Waals surface area contributed by atoms with Crippen LogP contribution in [-0.2, 0) is 33.6 Å². The van der Waals surface area contributed by atoms with Crippen molar-refractivity contribution in [2.75, 3.05) is 6.61 Å². The molecule has 1 atom stereocenters. The minimum Gasteiger partial charge on any atom is -0.435 e. The molecule has 0 spiro atoms. The number of benzene rings is 2. The standard InChI is InChI=1S/C28H30N8O5/c1-5-20-24(27(37)40-17(4)41-28(38)39-7-3)35(36-26(20)29-23(6-2)32-36)16-18-12-14-19(15-13-18)21-10-8-9-11-22(21)25-30-33-34-31-25/h8-15,17H,5-7,16H2,1-4H3,(H,30,31,33,34). The average Bonchev–Trinajstić information content (AvgIpc) is 3.71. The Morgan fingerprint density at radius 1 is 0.976 bits per heavy atom. The van der Waals surface area contributed by atoms with Crippen LogP contribution in [0.1, 0.15) is 55.1 Å². The van der Waals surface area contributed by atoms with E-state index in [-0.39, 0.29) is 12.3 Å². The van der Waals surface area contributed by atoms with Crippen molar-refractivity contribution in [3.63, 3.8) is 0 Å². The Kier molecular flexibility index (Phi) is 8.04. The van der Waals surface area contributed by atoms with Crippen molar-refractivity contribution in [1.29, 1.82) is 0 Å². The second kappa shape index (κ2) is 12.0. The molecule has 3 heterocycles. The highest BCUT2D eigenvalue weighted by Crippen LogP contribution is 2.30. The molecule has 0 radical (unpaired) electrons. The number of carbonyl (C=O) groups excluding carboxylic acids is 2. The van der Waals surface area contributed by atoms with Crippen LogP contribution in [0.2, 0.25) is 0 Å². The molecule has 0 amide bonds. The number of carbonyl (C=O) groups is 2. The Balaban J connectivity index is 1.48. The van der Waals surface area contributed by atoms with Crippen molar-refractivity contribution in [3.05, 3.63) is 71.2 Å². The maximum absolute atomic E-state index is 13.4. The number of nitrogens with one attached hydrogen (secondary N) is 1. The zero-order chi connectivity index (χ0) is 28.9. The second-order valence-electron chi connectivity index (χ2n) is 9.10. The normalized spacial score (nSPS) is 11.9. The predicted molar refractivity (Wildman–Crippen MR) is 147 cm³/mol. The van der Waals surface area contributed by atoms with Crippen LogP contribution in [0.15, 0.2) is 48.5 Å². The van der Waals surface area contributed by atoms with Crippen LogP contribution in [0.4, 0.5) is 4.79 Å². The molecule has 0 fully saturated rings. The first-order valence-corrected chi connectivity index (χ1v) is 13.4. The van der Waals surface area contributed by atoms with Gasteiger partial charge in [-0.25, -0.2) is 19.7 Å². The Morgan fingerprint density at radius 3 is 2.39 bits per heavy atom. The highest BCUT2D eigenvalue weighted by atomic mass is 16.8. The van der Waals surface area contributed by atoms with Crippen molar-refractivity contribution in [3.8, 4) is 22.5 Å². The minimum atomic E-state index is -1.15. The summed E-state index contributed by atoms with van der Waals surface area (Å²) in [5.74, 6) is 0.584. The van der Waals surface area contributed by atoms with Gasteiger partial charge >= 0.3 is 12.1 Å². The van der Waals surface area contributed by atoms with Gasteiger partial charge in [0.25, 0.3) is 0 Å². The summed E-state index contributed by atoms with van der Waals surface area (Å²) < 4.78 is 18.7. The van der Waals surface area contributed by atoms with Gasteiger partial charge in [-0.15, -0.1) is 10.2 Å². The number of hydrogen-bond donors (Lipinski definition) is 1. The molecule has 13 heteroatoms. The molecular weight excluding hydrogens is 528 g/mol. The number of aromatic amines is 1. The van der Waals surface area contributed by atoms with Crippen LogP contribution in [0.25, 0.3) is 28.2 Å². The van der Waals surface area contributed by atoms with Crippen LogP contribution >= 0.6 is 0 Å². The molecule has 1 unspecified atom stereocenters. The third-order valence-corrected chi connectivity index (χ3v) is 6.46. The van der Waals surface area contributed by atoms with E-state index < -0.39 is 18.4 Å². The van der Waals surface area contributed by atoms with Gasteiger partial charge in [-0.3, -0.25) is 4.68 Å². The van der Waals surface area contributed by atoms with Gasteiger partial charge in [-0.2, -0.15) is 4.63 Å². The number of esters is 1. The molecule has 0 aliphatic rings. The van der Waals surface area contributed by atoms with E-state index in [9.17, 15) is 9.59 Å². The summed E-state index contributed by atoms with van der Waals surface area (Å²) in [6.07, 6.45) is -0.907. The number of aromatic nitrogens is 8. The fraction of sp³-hybridized carbons (Fsp3) is 0.321. The fourth-order valence-corrected chi connectivity index (χ4v) is 4.60. The van der Waals surface area contributed by atoms with Crippen molar-refractivity contribution in [2.45, 2.75) is 53.4 Å². The Labute approximate surface area is 235 Å². The van der Waals surface area contributed by atoms with Gasteiger partial charge in [0.05, 0.1) is 13.2 Å². The van der Waals surface area contributed by atoms with E-state index in [1.54, 1.807) is 16.2 Å². The lowest BCUT2D eigenvalue weighted by Crippen LogP contribution is -2.25. The lowest BCUT2D eigenvalue weighted by atomic mass is 9.98. The third kappa shape index (κ3) is 5.64. The average molecular weight is 559 g/mol. The molecule has 0 saturated carbocycles. The molecule has 5 aromatic rings. The summed E-state index contributed by atoms with van der Waals surface area (Å²) in [6, 6.07) is 15.8. The number of nitrogens with zero attached hydrogens (tertiary/aromatic N) is 7. The topological polar surface area (TPSA) is 151 Å². The van der Waals surface area contributed by atoms with Gasteiger partial charge in [0.1, 0.15) is 0 Å². The maximum Gasteiger partial charge on any atom is 0.511 e. The fourth-order valence-electron chi connectivity index (χ4n) is 4.60. The lowest BCUT2D eigenvalue weighted by molar-refractivity contribution is -0.0817. The zero-order valence-electron chi connectivity index (χ0n) is 23.2. The summed E-state index contributed by atoms with van der Waals surface area (Å²) >= 11 is 0. The van der Waals surface area contributed by atoms with E-state index in [0.29, 0.717) is 42.2 Å². The summed E-state index contributed by atoms with van der Waals surface area (Å²) in [6.45, 7) is 7.48. The number of rotatable bonds is 10. The van der Waals surface area contributed by atoms with Gasteiger partial charge in [0, 0.05) is 24.5 Å². The molecule has 41 heavy (non-hydrogen) atoms. The maximum atomic E-state index is 13.4. The molecule has 0 aliphatic heterocycles. The zero-order valence-corrected chi connectivity index (χ0v) is 23.2. The van der Waals surface area contributed by atoms with E-state index in [0.717, 1.165) is 22.3 Å². The van der Waals surface area contributed by atoms with Crippen molar-refractivity contribution >= 4 is 17.8 Å². The molecule has 0 saturated heterocycles. The molecule has 2 aromatic carbocycles. The number of H-pyrrole nitrogens is 1. The van der Waals surface area contributed by atoms with Crippen LogP contribution in [0.5, 0.6) is 0 Å². The first-order valence-electron chi connectivity index (χ1n) is 13.4. The van der Waals surface area contributed by atoms with E-state index in [2.05, 4.69) is 30.7 Å². The van der Waals surface area contributed by atoms with Gasteiger partial charge < -0.3 is 14.2 Å². The number of hydrogen-bond acceptors (Lipinski definition) is 10. The third-order valence-electron chi connectivity index (χ3n) is 6.46. The molecule has 212 valence electrons. The van der Waals surface area contributed by atoms with E-state index in [4.69, 9.17) is 14.2 Å². The van der Waals surface area contributed by atoms with Gasteiger partial charge in [0.15, 0.2) is 23.0 Å². The largest absolute Gasteiger partial charge is 0.511 e. The minimum absolute atomic E-state index is 0.145. The van der Waals surface area contributed by atoms with Crippen molar-refractivity contribution in [1.82, 2.24) is 40.0 Å². The quantitative estimate of drug-likeness (QED) is 0.195. The first-order chi connectivity index (χ1) is 19.9. The van der Waals surface area contributed by atoms with Crippen LogP contribution in [-0.4, -0.2) is 65.0 Å². The monoisotopic (exact) mass is 558 g/mol. The lowest BCUT2D eigenvalue weighted by Gasteiger charge is -2.16. The second-order valence-corrected chi connectivity index (χ2v) is 9.10. The van der Waals surface area contributed by atoms with Crippen LogP contribution in [0.3, 0.4) is 0 Å². The molecule has 5 rings (SSSR count). The van der Waals surface area contributed by atoms with Crippen molar-refractivity contribution in [2.24, 2.45) is 0 Å². The smallest absolute Gasteiger partial charge is 0.435 e. The number of ether oxygens (including phenoxy) is 3. The van der Waals surface area contributed by atoms with Gasteiger partial charge in [-0.1, -0.05) is 62.4 Å². The molecule has 3 aromatic heterocycles. The number of fused-ring (bicyclic) bond motifs is 1. The molecule has 1 N–H and O–H groups in total. The SMILES string of the molecule is CCOC(=O)OC(C)OC(=O)c1c(CC)c2nc(CC)nn2n1Cc1ccc(-c2ccccc2-c2nnn[nH]2)cc1. The number of tetrazole rings is 1.